The molecular formula is C15H21ClN2O3. The van der Waals surface area contributed by atoms with Gasteiger partial charge in [-0.2, -0.15) is 0 Å². The molecule has 116 valence electrons. The number of rotatable bonds is 1. The minimum Gasteiger partial charge on any atom is -0.449 e. The first-order valence-corrected chi connectivity index (χ1v) is 7.20. The summed E-state index contributed by atoms with van der Waals surface area (Å²) in [5, 5.41) is 0.764. The van der Waals surface area contributed by atoms with E-state index in [0.29, 0.717) is 15.7 Å². The van der Waals surface area contributed by atoms with Crippen molar-refractivity contribution in [3.63, 3.8) is 0 Å². The Morgan fingerprint density at radius 1 is 1.19 bits per heavy atom. The summed E-state index contributed by atoms with van der Waals surface area (Å²) in [6.45, 7) is 13.3. The minimum absolute atomic E-state index is 0.0349. The predicted octanol–water partition coefficient (Wildman–Crippen LogP) is 2.20. The average molecular weight is 313 g/mol. The summed E-state index contributed by atoms with van der Waals surface area (Å²) < 4.78 is 5.33. The largest absolute Gasteiger partial charge is 0.449 e. The van der Waals surface area contributed by atoms with Crippen LogP contribution in [0.15, 0.2) is 26.7 Å². The number of fused-ring (bicyclic) bond motifs is 1. The number of allylic oxidation sites excluding steroid dienone is 1. The second kappa shape index (κ2) is 9.02. The Morgan fingerprint density at radius 3 is 2.24 bits per heavy atom. The molecule has 0 bridgehead atoms. The van der Waals surface area contributed by atoms with Gasteiger partial charge in [-0.25, -0.2) is 4.79 Å². The molecule has 2 rings (SSSR count). The van der Waals surface area contributed by atoms with E-state index in [1.807, 2.05) is 27.7 Å². The van der Waals surface area contributed by atoms with E-state index < -0.39 is 11.2 Å². The van der Waals surface area contributed by atoms with Crippen LogP contribution in [0.3, 0.4) is 0 Å². The van der Waals surface area contributed by atoms with E-state index in [1.165, 1.54) is 6.08 Å². The lowest BCUT2D eigenvalue weighted by Gasteiger charge is -1.87. The monoisotopic (exact) mass is 312 g/mol. The third-order valence-corrected chi connectivity index (χ3v) is 2.63. The lowest BCUT2D eigenvalue weighted by Crippen LogP contribution is -2.26. The van der Waals surface area contributed by atoms with Gasteiger partial charge in [-0.05, 0) is 19.1 Å². The van der Waals surface area contributed by atoms with Crippen LogP contribution in [0.5, 0.6) is 0 Å². The number of hydrogen-bond donors (Lipinski definition) is 2. The van der Waals surface area contributed by atoms with E-state index in [0.717, 1.165) is 0 Å². The Kier molecular flexibility index (Phi) is 8.16. The van der Waals surface area contributed by atoms with Crippen LogP contribution in [0.2, 0.25) is 0 Å². The van der Waals surface area contributed by atoms with Gasteiger partial charge in [-0.15, -0.1) is 0 Å². The fourth-order valence-corrected chi connectivity index (χ4v) is 1.76. The van der Waals surface area contributed by atoms with E-state index in [4.69, 9.17) is 16.0 Å². The first-order chi connectivity index (χ1) is 10.1. The van der Waals surface area contributed by atoms with E-state index in [1.54, 1.807) is 13.0 Å². The van der Waals surface area contributed by atoms with Crippen LogP contribution in [0.25, 0.3) is 22.2 Å². The zero-order valence-electron chi connectivity index (χ0n) is 13.0. The molecule has 0 aliphatic rings. The molecule has 6 heteroatoms. The highest BCUT2D eigenvalue weighted by molar-refractivity contribution is 6.47. The molecule has 2 aromatic rings. The highest BCUT2D eigenvalue weighted by Gasteiger charge is 2.10. The van der Waals surface area contributed by atoms with Crippen molar-refractivity contribution in [3.8, 4) is 0 Å². The van der Waals surface area contributed by atoms with Crippen molar-refractivity contribution in [2.75, 3.05) is 0 Å². The van der Waals surface area contributed by atoms with Crippen molar-refractivity contribution in [2.45, 2.75) is 34.6 Å². The van der Waals surface area contributed by atoms with Crippen molar-refractivity contribution < 1.29 is 4.42 Å². The molecule has 21 heavy (non-hydrogen) atoms. The van der Waals surface area contributed by atoms with Gasteiger partial charge >= 0.3 is 5.69 Å². The molecule has 0 aliphatic heterocycles. The molecule has 0 radical (unpaired) electrons. The first-order valence-electron chi connectivity index (χ1n) is 6.82. The zero-order chi connectivity index (χ0) is 16.6. The second-order valence-corrected chi connectivity index (χ2v) is 3.70. The van der Waals surface area contributed by atoms with Crippen LogP contribution in [0.4, 0.5) is 0 Å². The molecule has 2 heterocycles. The molecule has 0 spiro atoms. The maximum absolute atomic E-state index is 11.5. The van der Waals surface area contributed by atoms with Crippen LogP contribution >= 0.6 is 11.6 Å². The van der Waals surface area contributed by atoms with Gasteiger partial charge in [0.05, 0.1) is 10.3 Å². The number of halogens is 1. The Labute approximate surface area is 127 Å². The number of aromatic nitrogens is 2. The van der Waals surface area contributed by atoms with E-state index in [9.17, 15) is 9.59 Å². The Hall–Kier alpha value is -2.01. The molecule has 0 atom stereocenters. The summed E-state index contributed by atoms with van der Waals surface area (Å²) >= 11 is 5.98. The number of aromatic amines is 2. The van der Waals surface area contributed by atoms with Gasteiger partial charge in [0.1, 0.15) is 10.9 Å². The van der Waals surface area contributed by atoms with E-state index in [2.05, 4.69) is 16.5 Å². The minimum atomic E-state index is -0.610. The van der Waals surface area contributed by atoms with Gasteiger partial charge in [0.15, 0.2) is 0 Å². The van der Waals surface area contributed by atoms with Gasteiger partial charge < -0.3 is 9.40 Å². The number of nitrogens with one attached hydrogen (secondary N) is 2. The van der Waals surface area contributed by atoms with E-state index >= 15 is 0 Å². The molecule has 0 fully saturated rings. The lowest BCUT2D eigenvalue weighted by atomic mass is 10.3. The van der Waals surface area contributed by atoms with Crippen molar-refractivity contribution in [1.82, 2.24) is 9.97 Å². The fourth-order valence-electron chi connectivity index (χ4n) is 1.57. The molecule has 2 aromatic heterocycles. The molecule has 0 saturated heterocycles. The molecular weight excluding hydrogens is 292 g/mol. The molecule has 0 aromatic carbocycles. The summed E-state index contributed by atoms with van der Waals surface area (Å²) in [6.07, 6.45) is 3.07. The highest BCUT2D eigenvalue weighted by atomic mass is 35.5. The predicted molar refractivity (Wildman–Crippen MR) is 89.0 cm³/mol. The highest BCUT2D eigenvalue weighted by Crippen LogP contribution is 2.03. The third kappa shape index (κ3) is 3.98. The van der Waals surface area contributed by atoms with Gasteiger partial charge in [-0.1, -0.05) is 45.9 Å². The standard InChI is InChI=1S/C11H9ClN2O3.2C2H6/c1-3-5(12)7-6(4-2)17-9-8(7)13-11(16)14-10(9)15;2*1-2/h3-4H,1H2,2H3,(H2,13,14,15,16);2*1-2H3/b6-4+,7-5-;;. The Bertz CT molecular complexity index is 825. The first kappa shape index (κ1) is 19.0. The molecule has 0 saturated carbocycles. The molecule has 5 nitrogen and oxygen atoms in total. The lowest BCUT2D eigenvalue weighted by molar-refractivity contribution is 0.569. The summed E-state index contributed by atoms with van der Waals surface area (Å²) in [5.74, 6) is 0. The second-order valence-electron chi connectivity index (χ2n) is 3.29. The smallest absolute Gasteiger partial charge is 0.326 e. The molecule has 0 aliphatic carbocycles. The normalized spacial score (nSPS) is 12.0. The van der Waals surface area contributed by atoms with Crippen LogP contribution in [0, 0.1) is 0 Å². The SMILES string of the molecule is C=C/C(Cl)=c1\c(=C/C)oc2c(=O)[nH]c(=O)[nH]c12.CC.CC. The van der Waals surface area contributed by atoms with Gasteiger partial charge in [-0.3, -0.25) is 9.78 Å². The maximum atomic E-state index is 11.5. The number of H-pyrrole nitrogens is 2. The topological polar surface area (TPSA) is 78.9 Å². The Balaban J connectivity index is 0.000000921. The fraction of sp³-hybridized carbons (Fsp3) is 0.333. The van der Waals surface area contributed by atoms with E-state index in [-0.39, 0.29) is 11.1 Å². The van der Waals surface area contributed by atoms with Crippen LogP contribution in [-0.2, 0) is 0 Å². The summed E-state index contributed by atoms with van der Waals surface area (Å²) in [4.78, 5) is 27.3. The Morgan fingerprint density at radius 2 is 1.76 bits per heavy atom. The van der Waals surface area contributed by atoms with Crippen molar-refractivity contribution in [2.24, 2.45) is 0 Å². The van der Waals surface area contributed by atoms with Crippen LogP contribution < -0.4 is 21.9 Å². The third-order valence-electron chi connectivity index (χ3n) is 2.29. The number of hydrogen-bond acceptors (Lipinski definition) is 3. The van der Waals surface area contributed by atoms with Gasteiger partial charge in [0, 0.05) is 0 Å². The van der Waals surface area contributed by atoms with Crippen molar-refractivity contribution in [3.05, 3.63) is 44.1 Å². The van der Waals surface area contributed by atoms with Gasteiger partial charge in [0.2, 0.25) is 5.58 Å². The van der Waals surface area contributed by atoms with Crippen LogP contribution in [0.1, 0.15) is 34.6 Å². The van der Waals surface area contributed by atoms with Gasteiger partial charge in [0.25, 0.3) is 5.56 Å². The van der Waals surface area contributed by atoms with Crippen molar-refractivity contribution >= 4 is 33.8 Å². The van der Waals surface area contributed by atoms with Crippen LogP contribution in [-0.4, -0.2) is 9.97 Å². The van der Waals surface area contributed by atoms with Crippen molar-refractivity contribution in [1.29, 1.82) is 0 Å². The summed E-state index contributed by atoms with van der Waals surface area (Å²) in [7, 11) is 0. The molecule has 0 amide bonds. The summed E-state index contributed by atoms with van der Waals surface area (Å²) in [5.41, 5.74) is -0.478. The maximum Gasteiger partial charge on any atom is 0.326 e. The number of furan rings is 1. The average Bonchev–Trinajstić information content (AvgIpc) is 2.89. The molecule has 2 N–H and O–H groups in total. The summed E-state index contributed by atoms with van der Waals surface area (Å²) in [6, 6.07) is 0. The zero-order valence-corrected chi connectivity index (χ0v) is 13.7. The molecule has 0 unspecified atom stereocenters. The quantitative estimate of drug-likeness (QED) is 0.847.